The molecule has 0 spiro atoms. The Morgan fingerprint density at radius 1 is 1.39 bits per heavy atom. The minimum absolute atomic E-state index is 0.0739. The summed E-state index contributed by atoms with van der Waals surface area (Å²) < 4.78 is 5.28. The Morgan fingerprint density at radius 2 is 2.06 bits per heavy atom. The van der Waals surface area contributed by atoms with Crippen LogP contribution in [-0.4, -0.2) is 17.2 Å². The van der Waals surface area contributed by atoms with Gasteiger partial charge in [-0.05, 0) is 32.9 Å². The van der Waals surface area contributed by atoms with E-state index >= 15 is 0 Å². The molecule has 18 heavy (non-hydrogen) atoms. The second kappa shape index (κ2) is 6.32. The van der Waals surface area contributed by atoms with E-state index in [4.69, 9.17) is 27.9 Å². The highest BCUT2D eigenvalue weighted by molar-refractivity contribution is 6.34. The normalized spacial score (nSPS) is 12.6. The van der Waals surface area contributed by atoms with Crippen molar-refractivity contribution in [3.05, 3.63) is 40.3 Å². The van der Waals surface area contributed by atoms with Crippen LogP contribution >= 0.6 is 23.2 Å². The van der Waals surface area contributed by atoms with Crippen molar-refractivity contribution in [2.75, 3.05) is 6.54 Å². The van der Waals surface area contributed by atoms with Gasteiger partial charge in [-0.1, -0.05) is 23.2 Å². The van der Waals surface area contributed by atoms with Crippen molar-refractivity contribution in [3.63, 3.8) is 0 Å². The molecule has 0 saturated carbocycles. The van der Waals surface area contributed by atoms with Crippen LogP contribution in [0.5, 0.6) is 5.75 Å². The smallest absolute Gasteiger partial charge is 0.146 e. The van der Waals surface area contributed by atoms with Crippen molar-refractivity contribution in [2.45, 2.75) is 26.3 Å². The van der Waals surface area contributed by atoms with E-state index in [0.717, 1.165) is 0 Å². The van der Waals surface area contributed by atoms with Crippen molar-refractivity contribution in [1.82, 2.24) is 5.32 Å². The molecule has 1 aromatic rings. The fourth-order valence-electron chi connectivity index (χ4n) is 1.10. The summed E-state index contributed by atoms with van der Waals surface area (Å²) in [5.74, 6) is 0.493. The molecule has 1 rings (SSSR count). The number of benzene rings is 1. The van der Waals surface area contributed by atoms with Crippen LogP contribution in [0.1, 0.15) is 20.8 Å². The SMILES string of the molecule is CC(C)(C)NCC(O)=COc1cc(Cl)ccc1Cl. The van der Waals surface area contributed by atoms with Crippen LogP contribution in [0.2, 0.25) is 10.0 Å². The summed E-state index contributed by atoms with van der Waals surface area (Å²) in [7, 11) is 0. The highest BCUT2D eigenvalue weighted by Gasteiger charge is 2.09. The van der Waals surface area contributed by atoms with Crippen molar-refractivity contribution in [1.29, 1.82) is 0 Å². The van der Waals surface area contributed by atoms with Crippen LogP contribution in [0.15, 0.2) is 30.2 Å². The van der Waals surface area contributed by atoms with Gasteiger partial charge in [0.1, 0.15) is 17.8 Å². The zero-order valence-corrected chi connectivity index (χ0v) is 12.1. The minimum Gasteiger partial charge on any atom is -0.508 e. The molecule has 0 unspecified atom stereocenters. The van der Waals surface area contributed by atoms with Gasteiger partial charge in [0.05, 0.1) is 11.6 Å². The van der Waals surface area contributed by atoms with E-state index in [0.29, 0.717) is 22.3 Å². The molecule has 0 radical (unpaired) electrons. The molecule has 0 saturated heterocycles. The number of aliphatic hydroxyl groups excluding tert-OH is 1. The molecule has 100 valence electrons. The number of halogens is 2. The number of ether oxygens (including phenoxy) is 1. The first kappa shape index (κ1) is 15.2. The van der Waals surface area contributed by atoms with E-state index in [-0.39, 0.29) is 11.3 Å². The quantitative estimate of drug-likeness (QED) is 0.818. The Hall–Kier alpha value is -0.900. The third kappa shape index (κ3) is 5.63. The van der Waals surface area contributed by atoms with E-state index in [2.05, 4.69) is 5.32 Å². The number of hydrogen-bond donors (Lipinski definition) is 2. The number of hydrogen-bond acceptors (Lipinski definition) is 3. The molecule has 0 aliphatic rings. The average molecular weight is 290 g/mol. The molecule has 0 amide bonds. The summed E-state index contributed by atoms with van der Waals surface area (Å²) >= 11 is 11.7. The molecule has 0 fully saturated rings. The molecule has 0 bridgehead atoms. The molecular formula is C13H17Cl2NO2. The van der Waals surface area contributed by atoms with Crippen molar-refractivity contribution in [2.24, 2.45) is 0 Å². The van der Waals surface area contributed by atoms with Gasteiger partial charge in [-0.2, -0.15) is 0 Å². The Morgan fingerprint density at radius 3 is 2.67 bits per heavy atom. The third-order valence-electron chi connectivity index (χ3n) is 2.02. The number of rotatable bonds is 4. The van der Waals surface area contributed by atoms with Gasteiger partial charge in [-0.25, -0.2) is 0 Å². The van der Waals surface area contributed by atoms with Crippen LogP contribution in [0.4, 0.5) is 0 Å². The lowest BCUT2D eigenvalue weighted by Gasteiger charge is -2.19. The fourth-order valence-corrected chi connectivity index (χ4v) is 1.42. The Bertz CT molecular complexity index is 439. The maximum Gasteiger partial charge on any atom is 0.146 e. The topological polar surface area (TPSA) is 41.5 Å². The lowest BCUT2D eigenvalue weighted by molar-refractivity contribution is 0.328. The van der Waals surface area contributed by atoms with Crippen LogP contribution in [-0.2, 0) is 0 Å². The third-order valence-corrected chi connectivity index (χ3v) is 2.56. The number of aliphatic hydroxyl groups is 1. The molecule has 5 heteroatoms. The van der Waals surface area contributed by atoms with Crippen molar-refractivity contribution in [3.8, 4) is 5.75 Å². The Labute approximate surface area is 117 Å². The maximum absolute atomic E-state index is 9.63. The summed E-state index contributed by atoms with van der Waals surface area (Å²) in [6.45, 7) is 6.35. The molecule has 0 heterocycles. The minimum atomic E-state index is -0.0739. The van der Waals surface area contributed by atoms with E-state index < -0.39 is 0 Å². The molecule has 1 aromatic carbocycles. The zero-order valence-electron chi connectivity index (χ0n) is 10.6. The van der Waals surface area contributed by atoms with Gasteiger partial charge < -0.3 is 15.2 Å². The molecule has 0 aromatic heterocycles. The van der Waals surface area contributed by atoms with Crippen LogP contribution in [0, 0.1) is 0 Å². The molecular weight excluding hydrogens is 273 g/mol. The lowest BCUT2D eigenvalue weighted by atomic mass is 10.1. The second-order valence-electron chi connectivity index (χ2n) is 4.91. The molecule has 0 aliphatic heterocycles. The average Bonchev–Trinajstić information content (AvgIpc) is 2.26. The van der Waals surface area contributed by atoms with Crippen LogP contribution in [0.25, 0.3) is 0 Å². The van der Waals surface area contributed by atoms with Gasteiger partial charge in [0.15, 0.2) is 0 Å². The van der Waals surface area contributed by atoms with Crippen molar-refractivity contribution >= 4 is 23.2 Å². The van der Waals surface area contributed by atoms with Crippen molar-refractivity contribution < 1.29 is 9.84 Å². The highest BCUT2D eigenvalue weighted by Crippen LogP contribution is 2.27. The fraction of sp³-hybridized carbons (Fsp3) is 0.385. The van der Waals surface area contributed by atoms with Crippen LogP contribution in [0.3, 0.4) is 0 Å². The molecule has 3 nitrogen and oxygen atoms in total. The highest BCUT2D eigenvalue weighted by atomic mass is 35.5. The summed E-state index contributed by atoms with van der Waals surface area (Å²) in [5.41, 5.74) is -0.0739. The maximum atomic E-state index is 9.63. The van der Waals surface area contributed by atoms with Gasteiger partial charge in [0.25, 0.3) is 0 Å². The van der Waals surface area contributed by atoms with E-state index in [9.17, 15) is 5.11 Å². The largest absolute Gasteiger partial charge is 0.508 e. The van der Waals surface area contributed by atoms with Gasteiger partial charge >= 0.3 is 0 Å². The zero-order chi connectivity index (χ0) is 13.8. The van der Waals surface area contributed by atoms with Gasteiger partial charge in [0.2, 0.25) is 0 Å². The predicted octanol–water partition coefficient (Wildman–Crippen LogP) is 4.16. The van der Waals surface area contributed by atoms with Gasteiger partial charge in [-0.3, -0.25) is 0 Å². The first-order valence-electron chi connectivity index (χ1n) is 5.53. The lowest BCUT2D eigenvalue weighted by Crippen LogP contribution is -2.37. The van der Waals surface area contributed by atoms with E-state index in [1.54, 1.807) is 18.2 Å². The van der Waals surface area contributed by atoms with E-state index in [1.807, 2.05) is 20.8 Å². The molecule has 0 aliphatic carbocycles. The monoisotopic (exact) mass is 289 g/mol. The first-order valence-corrected chi connectivity index (χ1v) is 6.28. The summed E-state index contributed by atoms with van der Waals surface area (Å²) in [5, 5.41) is 13.7. The van der Waals surface area contributed by atoms with Gasteiger partial charge in [-0.15, -0.1) is 0 Å². The summed E-state index contributed by atoms with van der Waals surface area (Å²) in [4.78, 5) is 0. The standard InChI is InChI=1S/C13H17Cl2NO2/c1-13(2,3)16-7-10(17)8-18-12-6-9(14)4-5-11(12)15/h4-6,8,16-17H,7H2,1-3H3. The summed E-state index contributed by atoms with van der Waals surface area (Å²) in [6.07, 6.45) is 1.25. The van der Waals surface area contributed by atoms with Gasteiger partial charge in [0, 0.05) is 16.6 Å². The molecule has 0 atom stereocenters. The first-order chi connectivity index (χ1) is 8.28. The molecule has 2 N–H and O–H groups in total. The Kier molecular flexibility index (Phi) is 5.32. The van der Waals surface area contributed by atoms with E-state index in [1.165, 1.54) is 6.26 Å². The second-order valence-corrected chi connectivity index (χ2v) is 5.75. The number of nitrogens with one attached hydrogen (secondary N) is 1. The summed E-state index contributed by atoms with van der Waals surface area (Å²) in [6, 6.07) is 4.89. The predicted molar refractivity (Wildman–Crippen MR) is 75.6 cm³/mol. The van der Waals surface area contributed by atoms with Crippen LogP contribution < -0.4 is 10.1 Å². The Balaban J connectivity index is 2.60.